The van der Waals surface area contributed by atoms with E-state index in [-0.39, 0.29) is 11.6 Å². The van der Waals surface area contributed by atoms with Crippen molar-refractivity contribution in [2.24, 2.45) is 7.05 Å². The third-order valence-corrected chi connectivity index (χ3v) is 3.09. The second-order valence-corrected chi connectivity index (χ2v) is 4.86. The molecule has 0 saturated carbocycles. The lowest BCUT2D eigenvalue weighted by molar-refractivity contribution is -0.114. The van der Waals surface area contributed by atoms with Crippen molar-refractivity contribution in [1.29, 1.82) is 0 Å². The van der Waals surface area contributed by atoms with Crippen molar-refractivity contribution in [1.82, 2.24) is 9.78 Å². The Morgan fingerprint density at radius 3 is 2.86 bits per heavy atom. The van der Waals surface area contributed by atoms with Crippen LogP contribution >= 0.6 is 0 Å². The number of aryl methyl sites for hydroxylation is 2. The van der Waals surface area contributed by atoms with Gasteiger partial charge in [0.05, 0.1) is 11.4 Å². The molecule has 0 spiro atoms. The molecule has 0 bridgehead atoms. The summed E-state index contributed by atoms with van der Waals surface area (Å²) in [6, 6.07) is 4.55. The summed E-state index contributed by atoms with van der Waals surface area (Å²) >= 11 is 0. The SMILES string of the molecule is CCc1nn(C)cc1CNc1ccc(F)c(NC(C)=O)c1. The molecule has 0 radical (unpaired) electrons. The van der Waals surface area contributed by atoms with Crippen molar-refractivity contribution < 1.29 is 9.18 Å². The Morgan fingerprint density at radius 2 is 2.19 bits per heavy atom. The summed E-state index contributed by atoms with van der Waals surface area (Å²) < 4.78 is 15.3. The zero-order valence-electron chi connectivity index (χ0n) is 12.4. The fourth-order valence-electron chi connectivity index (χ4n) is 2.15. The number of hydrogen-bond donors (Lipinski definition) is 2. The number of halogens is 1. The molecule has 2 rings (SSSR count). The van der Waals surface area contributed by atoms with E-state index in [9.17, 15) is 9.18 Å². The van der Waals surface area contributed by atoms with Crippen molar-refractivity contribution in [3.8, 4) is 0 Å². The van der Waals surface area contributed by atoms with Crippen molar-refractivity contribution in [2.75, 3.05) is 10.6 Å². The highest BCUT2D eigenvalue weighted by Gasteiger charge is 2.08. The number of carbonyl (C=O) groups is 1. The zero-order chi connectivity index (χ0) is 15.4. The molecule has 6 heteroatoms. The van der Waals surface area contributed by atoms with E-state index in [1.807, 2.05) is 13.2 Å². The number of rotatable bonds is 5. The standard InChI is InChI=1S/C15H19FN4O/c1-4-14-11(9-20(3)19-14)8-17-12-5-6-13(16)15(7-12)18-10(2)21/h5-7,9,17H,4,8H2,1-3H3,(H,18,21). The molecule has 21 heavy (non-hydrogen) atoms. The monoisotopic (exact) mass is 290 g/mol. The molecule has 0 aliphatic rings. The van der Waals surface area contributed by atoms with E-state index in [1.165, 1.54) is 13.0 Å². The second kappa shape index (κ2) is 6.39. The van der Waals surface area contributed by atoms with Crippen LogP contribution in [0.5, 0.6) is 0 Å². The molecule has 0 fully saturated rings. The zero-order valence-corrected chi connectivity index (χ0v) is 12.4. The van der Waals surface area contributed by atoms with E-state index < -0.39 is 5.82 Å². The van der Waals surface area contributed by atoms with Crippen LogP contribution in [0.4, 0.5) is 15.8 Å². The minimum absolute atomic E-state index is 0.175. The Kier molecular flexibility index (Phi) is 4.57. The number of nitrogens with one attached hydrogen (secondary N) is 2. The number of amides is 1. The Morgan fingerprint density at radius 1 is 1.43 bits per heavy atom. The summed E-state index contributed by atoms with van der Waals surface area (Å²) in [5.74, 6) is -0.752. The number of aromatic nitrogens is 2. The third-order valence-electron chi connectivity index (χ3n) is 3.09. The lowest BCUT2D eigenvalue weighted by Gasteiger charge is -2.09. The molecule has 0 atom stereocenters. The number of anilines is 2. The maximum absolute atomic E-state index is 13.6. The van der Waals surface area contributed by atoms with E-state index >= 15 is 0 Å². The maximum Gasteiger partial charge on any atom is 0.221 e. The average Bonchev–Trinajstić information content (AvgIpc) is 2.79. The highest BCUT2D eigenvalue weighted by molar-refractivity contribution is 5.89. The Balaban J connectivity index is 2.11. The number of nitrogens with zero attached hydrogens (tertiary/aromatic N) is 2. The van der Waals surface area contributed by atoms with E-state index in [4.69, 9.17) is 0 Å². The van der Waals surface area contributed by atoms with Crippen LogP contribution in [-0.4, -0.2) is 15.7 Å². The van der Waals surface area contributed by atoms with E-state index in [2.05, 4.69) is 22.7 Å². The molecule has 1 aromatic carbocycles. The number of carbonyl (C=O) groups excluding carboxylic acids is 1. The van der Waals surface area contributed by atoms with Gasteiger partial charge in [-0.25, -0.2) is 4.39 Å². The first-order valence-electron chi connectivity index (χ1n) is 6.82. The molecule has 1 aromatic heterocycles. The van der Waals surface area contributed by atoms with Crippen LogP contribution in [0.15, 0.2) is 24.4 Å². The van der Waals surface area contributed by atoms with Crippen molar-refractivity contribution >= 4 is 17.3 Å². The fourth-order valence-corrected chi connectivity index (χ4v) is 2.15. The lowest BCUT2D eigenvalue weighted by Crippen LogP contribution is -2.08. The summed E-state index contributed by atoms with van der Waals surface area (Å²) in [6.45, 7) is 4.00. The molecule has 2 N–H and O–H groups in total. The third kappa shape index (κ3) is 3.81. The van der Waals surface area contributed by atoms with Gasteiger partial charge in [0.1, 0.15) is 5.82 Å². The quantitative estimate of drug-likeness (QED) is 0.890. The van der Waals surface area contributed by atoms with Gasteiger partial charge in [-0.15, -0.1) is 0 Å². The van der Waals surface area contributed by atoms with Gasteiger partial charge in [0.15, 0.2) is 0 Å². The molecule has 0 aliphatic heterocycles. The fraction of sp³-hybridized carbons (Fsp3) is 0.333. The van der Waals surface area contributed by atoms with Gasteiger partial charge in [0.2, 0.25) is 5.91 Å². The Hall–Kier alpha value is -2.37. The molecule has 0 unspecified atom stereocenters. The Labute approximate surface area is 123 Å². The van der Waals surface area contributed by atoms with Gasteiger partial charge < -0.3 is 10.6 Å². The van der Waals surface area contributed by atoms with Crippen molar-refractivity contribution in [3.05, 3.63) is 41.5 Å². The summed E-state index contributed by atoms with van der Waals surface area (Å²) in [7, 11) is 1.88. The molecule has 2 aromatic rings. The van der Waals surface area contributed by atoms with Crippen LogP contribution in [-0.2, 0) is 24.8 Å². The summed E-state index contributed by atoms with van der Waals surface area (Å²) in [5.41, 5.74) is 3.06. The van der Waals surface area contributed by atoms with Crippen LogP contribution < -0.4 is 10.6 Å². The molecule has 1 amide bonds. The first-order valence-corrected chi connectivity index (χ1v) is 6.82. The highest BCUT2D eigenvalue weighted by atomic mass is 19.1. The van der Waals surface area contributed by atoms with Gasteiger partial charge in [-0.3, -0.25) is 9.48 Å². The van der Waals surface area contributed by atoms with Gasteiger partial charge >= 0.3 is 0 Å². The molecule has 5 nitrogen and oxygen atoms in total. The minimum Gasteiger partial charge on any atom is -0.381 e. The second-order valence-electron chi connectivity index (χ2n) is 4.86. The van der Waals surface area contributed by atoms with Gasteiger partial charge in [-0.05, 0) is 24.6 Å². The molecular weight excluding hydrogens is 271 g/mol. The lowest BCUT2D eigenvalue weighted by atomic mass is 10.2. The molecule has 0 saturated heterocycles. The van der Waals surface area contributed by atoms with Crippen molar-refractivity contribution in [3.63, 3.8) is 0 Å². The van der Waals surface area contributed by atoms with Crippen LogP contribution in [0, 0.1) is 5.82 Å². The maximum atomic E-state index is 13.6. The first kappa shape index (κ1) is 15.0. The van der Waals surface area contributed by atoms with E-state index in [0.717, 1.165) is 23.4 Å². The molecule has 1 heterocycles. The predicted molar refractivity (Wildman–Crippen MR) is 80.6 cm³/mol. The van der Waals surface area contributed by atoms with Gasteiger partial charge in [-0.1, -0.05) is 6.92 Å². The predicted octanol–water partition coefficient (Wildman–Crippen LogP) is 2.69. The smallest absolute Gasteiger partial charge is 0.221 e. The minimum atomic E-state index is -0.452. The van der Waals surface area contributed by atoms with Crippen molar-refractivity contribution in [2.45, 2.75) is 26.8 Å². The largest absolute Gasteiger partial charge is 0.381 e. The normalized spacial score (nSPS) is 10.5. The number of hydrogen-bond acceptors (Lipinski definition) is 3. The van der Waals surface area contributed by atoms with Crippen LogP contribution in [0.3, 0.4) is 0 Å². The van der Waals surface area contributed by atoms with E-state index in [1.54, 1.807) is 16.8 Å². The van der Waals surface area contributed by atoms with Crippen LogP contribution in [0.2, 0.25) is 0 Å². The Bertz CT molecular complexity index is 651. The first-order chi connectivity index (χ1) is 9.99. The van der Waals surface area contributed by atoms with Gasteiger partial charge in [-0.2, -0.15) is 5.10 Å². The highest BCUT2D eigenvalue weighted by Crippen LogP contribution is 2.20. The number of benzene rings is 1. The summed E-state index contributed by atoms with van der Waals surface area (Å²) in [5, 5.41) is 10.1. The molecule has 0 aliphatic carbocycles. The molecular formula is C15H19FN4O. The summed E-state index contributed by atoms with van der Waals surface area (Å²) in [6.07, 6.45) is 2.82. The van der Waals surface area contributed by atoms with Gasteiger partial charge in [0.25, 0.3) is 0 Å². The average molecular weight is 290 g/mol. The summed E-state index contributed by atoms with van der Waals surface area (Å²) in [4.78, 5) is 11.0. The molecule has 112 valence electrons. The topological polar surface area (TPSA) is 59.0 Å². The van der Waals surface area contributed by atoms with Crippen LogP contribution in [0.25, 0.3) is 0 Å². The van der Waals surface area contributed by atoms with Gasteiger partial charge in [0, 0.05) is 38.0 Å². The van der Waals surface area contributed by atoms with E-state index in [0.29, 0.717) is 6.54 Å². The van der Waals surface area contributed by atoms with Crippen LogP contribution in [0.1, 0.15) is 25.1 Å².